The van der Waals surface area contributed by atoms with Crippen LogP contribution in [0.2, 0.25) is 0 Å². The summed E-state index contributed by atoms with van der Waals surface area (Å²) in [5, 5.41) is 17.4. The van der Waals surface area contributed by atoms with Gasteiger partial charge < -0.3 is 19.9 Å². The van der Waals surface area contributed by atoms with E-state index in [1.165, 1.54) is 36.4 Å². The molecule has 1 unspecified atom stereocenters. The number of nitrogens with zero attached hydrogens (tertiary/aromatic N) is 4. The summed E-state index contributed by atoms with van der Waals surface area (Å²) < 4.78 is 66.2. The molecular weight excluding hydrogens is 708 g/mol. The van der Waals surface area contributed by atoms with Gasteiger partial charge in [-0.3, -0.25) is 29.1 Å². The van der Waals surface area contributed by atoms with Gasteiger partial charge in [0.25, 0.3) is 5.56 Å². The topological polar surface area (TPSA) is 184 Å². The maximum atomic E-state index is 13.7. The molecule has 0 aliphatic rings. The Bertz CT molecular complexity index is 2160. The SMILES string of the molecule is O=C(O)CC(NC(=O)Cn1c(-c2ccc(F)cc2)ncc(NC(=O)OCc2ccccc2)c1=O)C(=O)COc1cc(C(F)(F)F)nn1-c1ccccc1. The standard InChI is InChI=1S/C35H28F4N6O8/c36-23-13-11-22(12-14-23)32-40-17-26(42-34(51)53-19-21-7-3-1-4-8-21)33(50)44(32)18-29(47)41-25(15-31(48)49)27(46)20-52-30-16-28(35(37,38)39)43-45(30)24-9-5-2-6-10-24/h1-14,16-17,25H,15,18-20H2,(H,41,47)(H,42,51)(H,48,49). The normalized spacial score (nSPS) is 11.7. The predicted octanol–water partition coefficient (Wildman–Crippen LogP) is 4.61. The van der Waals surface area contributed by atoms with Gasteiger partial charge in [-0.05, 0) is 42.0 Å². The molecule has 3 aromatic carbocycles. The minimum atomic E-state index is -4.86. The van der Waals surface area contributed by atoms with Crippen LogP contribution >= 0.6 is 0 Å². The molecule has 0 fully saturated rings. The van der Waals surface area contributed by atoms with Gasteiger partial charge >= 0.3 is 18.2 Å². The van der Waals surface area contributed by atoms with Crippen molar-refractivity contribution in [3.63, 3.8) is 0 Å². The molecule has 14 nitrogen and oxygen atoms in total. The van der Waals surface area contributed by atoms with Gasteiger partial charge in [0.15, 0.2) is 18.1 Å². The third-order valence-corrected chi connectivity index (χ3v) is 7.33. The minimum Gasteiger partial charge on any atom is -0.481 e. The molecule has 2 heterocycles. The van der Waals surface area contributed by atoms with Crippen LogP contribution in [0.4, 0.5) is 28.0 Å². The number of hydrogen-bond acceptors (Lipinski definition) is 9. The summed E-state index contributed by atoms with van der Waals surface area (Å²) in [4.78, 5) is 68.4. The second-order valence-corrected chi connectivity index (χ2v) is 11.2. The first-order valence-electron chi connectivity index (χ1n) is 15.5. The lowest BCUT2D eigenvalue weighted by atomic mass is 10.1. The van der Waals surface area contributed by atoms with Gasteiger partial charge in [0.05, 0.1) is 18.3 Å². The molecular formula is C35H28F4N6O8. The summed E-state index contributed by atoms with van der Waals surface area (Å²) in [7, 11) is 0. The van der Waals surface area contributed by atoms with E-state index in [0.717, 1.165) is 27.6 Å². The van der Waals surface area contributed by atoms with E-state index in [0.29, 0.717) is 11.6 Å². The zero-order valence-electron chi connectivity index (χ0n) is 27.2. The molecule has 1 atom stereocenters. The third-order valence-electron chi connectivity index (χ3n) is 7.33. The average Bonchev–Trinajstić information content (AvgIpc) is 3.58. The molecule has 5 aromatic rings. The number of nitrogens with one attached hydrogen (secondary N) is 2. The lowest BCUT2D eigenvalue weighted by Crippen LogP contribution is -2.46. The number of carbonyl (C=O) groups excluding carboxylic acids is 3. The smallest absolute Gasteiger partial charge is 0.435 e. The Morgan fingerprint density at radius 2 is 1.58 bits per heavy atom. The highest BCUT2D eigenvalue weighted by molar-refractivity contribution is 5.93. The highest BCUT2D eigenvalue weighted by atomic mass is 19.4. The fourth-order valence-corrected chi connectivity index (χ4v) is 4.83. The molecule has 0 spiro atoms. The maximum Gasteiger partial charge on any atom is 0.435 e. The van der Waals surface area contributed by atoms with Crippen molar-refractivity contribution < 1.29 is 51.3 Å². The molecule has 0 aliphatic carbocycles. The number of carboxylic acid groups (broad SMARTS) is 1. The number of alkyl halides is 3. The van der Waals surface area contributed by atoms with Crippen molar-refractivity contribution in [3.05, 3.63) is 125 Å². The number of Topliss-reactive ketones (excluding diaryl/α,β-unsaturated/α-hetero) is 1. The molecule has 2 aromatic heterocycles. The van der Waals surface area contributed by atoms with Gasteiger partial charge in [-0.25, -0.2) is 18.9 Å². The molecule has 18 heteroatoms. The zero-order chi connectivity index (χ0) is 38.1. The van der Waals surface area contributed by atoms with Crippen LogP contribution in [-0.2, 0) is 38.4 Å². The second kappa shape index (κ2) is 16.4. The second-order valence-electron chi connectivity index (χ2n) is 11.2. The Labute approximate surface area is 296 Å². The molecule has 0 saturated heterocycles. The number of anilines is 1. The van der Waals surface area contributed by atoms with Crippen molar-refractivity contribution in [1.29, 1.82) is 0 Å². The lowest BCUT2D eigenvalue weighted by molar-refractivity contribution is -0.141. The van der Waals surface area contributed by atoms with Crippen molar-refractivity contribution >= 4 is 29.4 Å². The highest BCUT2D eigenvalue weighted by Gasteiger charge is 2.36. The van der Waals surface area contributed by atoms with Gasteiger partial charge in [-0.15, -0.1) is 0 Å². The summed E-state index contributed by atoms with van der Waals surface area (Å²) in [5.74, 6) is -4.91. The quantitative estimate of drug-likeness (QED) is 0.136. The Hall–Kier alpha value is -6.85. The summed E-state index contributed by atoms with van der Waals surface area (Å²) >= 11 is 0. The molecule has 0 saturated carbocycles. The largest absolute Gasteiger partial charge is 0.481 e. The highest BCUT2D eigenvalue weighted by Crippen LogP contribution is 2.32. The molecule has 0 aliphatic heterocycles. The molecule has 2 amide bonds. The summed E-state index contributed by atoms with van der Waals surface area (Å²) in [6.45, 7) is -2.00. The number of para-hydroxylation sites is 1. The minimum absolute atomic E-state index is 0.134. The van der Waals surface area contributed by atoms with Gasteiger partial charge in [0, 0.05) is 11.6 Å². The maximum absolute atomic E-state index is 13.7. The Morgan fingerprint density at radius 3 is 2.23 bits per heavy atom. The molecule has 274 valence electrons. The average molecular weight is 737 g/mol. The third kappa shape index (κ3) is 9.90. The lowest BCUT2D eigenvalue weighted by Gasteiger charge is -2.18. The number of aromatic nitrogens is 4. The fourth-order valence-electron chi connectivity index (χ4n) is 4.83. The molecule has 0 radical (unpaired) electrons. The number of halogens is 4. The first kappa shape index (κ1) is 37.4. The monoisotopic (exact) mass is 736 g/mol. The van der Waals surface area contributed by atoms with E-state index < -0.39 is 84.2 Å². The summed E-state index contributed by atoms with van der Waals surface area (Å²) in [5.41, 5.74) is -1.71. The predicted molar refractivity (Wildman–Crippen MR) is 177 cm³/mol. The van der Waals surface area contributed by atoms with Crippen LogP contribution in [-0.4, -0.2) is 60.8 Å². The van der Waals surface area contributed by atoms with Gasteiger partial charge in [0.2, 0.25) is 11.8 Å². The number of carboxylic acids is 1. The van der Waals surface area contributed by atoms with E-state index in [2.05, 4.69) is 20.7 Å². The molecule has 53 heavy (non-hydrogen) atoms. The Kier molecular flexibility index (Phi) is 11.6. The number of benzene rings is 3. The van der Waals surface area contributed by atoms with Gasteiger partial charge in [-0.2, -0.15) is 18.3 Å². The van der Waals surface area contributed by atoms with Crippen molar-refractivity contribution in [2.24, 2.45) is 0 Å². The van der Waals surface area contributed by atoms with E-state index in [9.17, 15) is 46.6 Å². The van der Waals surface area contributed by atoms with Crippen LogP contribution in [0.15, 0.2) is 102 Å². The fraction of sp³-hybridized carbons (Fsp3) is 0.171. The van der Waals surface area contributed by atoms with Crippen molar-refractivity contribution in [2.45, 2.75) is 31.8 Å². The van der Waals surface area contributed by atoms with E-state index in [1.54, 1.807) is 36.4 Å². The van der Waals surface area contributed by atoms with Crippen molar-refractivity contribution in [3.8, 4) is 23.0 Å². The van der Waals surface area contributed by atoms with Crippen LogP contribution in [0.1, 0.15) is 17.7 Å². The Balaban J connectivity index is 1.35. The summed E-state index contributed by atoms with van der Waals surface area (Å²) in [6, 6.07) is 19.6. The van der Waals surface area contributed by atoms with Crippen LogP contribution in [0.25, 0.3) is 17.1 Å². The number of ketones is 1. The van der Waals surface area contributed by atoms with Gasteiger partial charge in [-0.1, -0.05) is 48.5 Å². The number of ether oxygens (including phenoxy) is 2. The van der Waals surface area contributed by atoms with E-state index in [-0.39, 0.29) is 23.7 Å². The van der Waals surface area contributed by atoms with Crippen LogP contribution in [0.3, 0.4) is 0 Å². The first-order chi connectivity index (χ1) is 25.3. The zero-order valence-corrected chi connectivity index (χ0v) is 27.2. The van der Waals surface area contributed by atoms with Crippen molar-refractivity contribution in [1.82, 2.24) is 24.6 Å². The number of carbonyl (C=O) groups is 4. The molecule has 5 rings (SSSR count). The van der Waals surface area contributed by atoms with E-state index >= 15 is 0 Å². The Morgan fingerprint density at radius 1 is 0.925 bits per heavy atom. The van der Waals surface area contributed by atoms with Crippen molar-refractivity contribution in [2.75, 3.05) is 11.9 Å². The van der Waals surface area contributed by atoms with Gasteiger partial charge in [0.1, 0.15) is 36.5 Å². The number of hydrogen-bond donors (Lipinski definition) is 3. The number of aliphatic carboxylic acids is 1. The van der Waals surface area contributed by atoms with Crippen LogP contribution in [0.5, 0.6) is 5.88 Å². The van der Waals surface area contributed by atoms with E-state index in [4.69, 9.17) is 9.47 Å². The van der Waals surface area contributed by atoms with Crippen LogP contribution in [0, 0.1) is 5.82 Å². The first-order valence-corrected chi connectivity index (χ1v) is 15.5. The van der Waals surface area contributed by atoms with E-state index in [1.807, 2.05) is 0 Å². The number of rotatable bonds is 14. The molecule has 3 N–H and O–H groups in total. The summed E-state index contributed by atoms with van der Waals surface area (Å²) in [6.07, 6.45) is -5.86. The van der Waals surface area contributed by atoms with Crippen LogP contribution < -0.4 is 20.9 Å². The number of amides is 2. The molecule has 0 bridgehead atoms.